The first-order valence-electron chi connectivity index (χ1n) is 10.0. The lowest BCUT2D eigenvalue weighted by Gasteiger charge is -2.14. The van der Waals surface area contributed by atoms with E-state index in [-0.39, 0.29) is 11.6 Å². The number of benzene rings is 2. The normalized spacial score (nSPS) is 10.5. The van der Waals surface area contributed by atoms with Gasteiger partial charge >= 0.3 is 0 Å². The molecular weight excluding hydrogens is 439 g/mol. The molecule has 0 bridgehead atoms. The zero-order chi connectivity index (χ0) is 23.0. The Bertz CT molecular complexity index is 872. The van der Waals surface area contributed by atoms with Crippen LogP contribution in [0.5, 0.6) is 11.5 Å². The van der Waals surface area contributed by atoms with Crippen molar-refractivity contribution < 1.29 is 19.1 Å². The Morgan fingerprint density at radius 3 is 1.45 bits per heavy atom. The second-order valence-corrected chi connectivity index (χ2v) is 7.91. The van der Waals surface area contributed by atoms with Crippen LogP contribution in [0.25, 0.3) is 0 Å². The number of methoxy groups -OCH3 is 2. The highest BCUT2D eigenvalue weighted by molar-refractivity contribution is 6.34. The highest BCUT2D eigenvalue weighted by atomic mass is 35.5. The quantitative estimate of drug-likeness (QED) is 0.290. The maximum Gasteiger partial charge on any atom is 0.163 e. The van der Waals surface area contributed by atoms with E-state index in [4.69, 9.17) is 32.7 Å². The van der Waals surface area contributed by atoms with Crippen molar-refractivity contribution in [3.63, 3.8) is 0 Å². The van der Waals surface area contributed by atoms with Crippen molar-refractivity contribution in [2.75, 3.05) is 37.9 Å². The predicted octanol–water partition coefficient (Wildman–Crippen LogP) is 6.11. The Morgan fingerprint density at radius 1 is 0.742 bits per heavy atom. The molecule has 2 N–H and O–H groups in total. The first-order valence-corrected chi connectivity index (χ1v) is 10.8. The summed E-state index contributed by atoms with van der Waals surface area (Å²) in [4.78, 5) is 23.3. The minimum Gasteiger partial charge on any atom is -0.496 e. The maximum absolute atomic E-state index is 11.7. The SMILES string of the molecule is COc1cc(NCCCCCNc2cc(OC)c(C(C)=O)cc2Cl)c(Cl)cc1C(C)=O. The molecule has 0 atom stereocenters. The van der Waals surface area contributed by atoms with Gasteiger partial charge in [0.25, 0.3) is 0 Å². The molecule has 0 heterocycles. The van der Waals surface area contributed by atoms with Gasteiger partial charge in [-0.25, -0.2) is 0 Å². The van der Waals surface area contributed by atoms with Gasteiger partial charge in [0.15, 0.2) is 11.6 Å². The van der Waals surface area contributed by atoms with Gasteiger partial charge in [0.1, 0.15) is 11.5 Å². The lowest BCUT2D eigenvalue weighted by molar-refractivity contribution is 0.100. The number of carbonyl (C=O) groups is 2. The van der Waals surface area contributed by atoms with E-state index in [1.807, 2.05) is 0 Å². The van der Waals surface area contributed by atoms with Crippen LogP contribution in [0.1, 0.15) is 53.8 Å². The minimum atomic E-state index is -0.0912. The lowest BCUT2D eigenvalue weighted by Crippen LogP contribution is -2.07. The summed E-state index contributed by atoms with van der Waals surface area (Å²) < 4.78 is 10.6. The van der Waals surface area contributed by atoms with Crippen molar-refractivity contribution in [3.8, 4) is 11.5 Å². The van der Waals surface area contributed by atoms with Crippen molar-refractivity contribution in [3.05, 3.63) is 45.4 Å². The zero-order valence-electron chi connectivity index (χ0n) is 18.2. The van der Waals surface area contributed by atoms with Crippen LogP contribution in [0.4, 0.5) is 11.4 Å². The van der Waals surface area contributed by atoms with Crippen LogP contribution in [0.2, 0.25) is 10.0 Å². The summed E-state index contributed by atoms with van der Waals surface area (Å²) >= 11 is 12.6. The molecule has 0 aliphatic heterocycles. The molecule has 0 spiro atoms. The molecule has 2 rings (SSSR count). The van der Waals surface area contributed by atoms with Crippen molar-refractivity contribution in [2.45, 2.75) is 33.1 Å². The molecule has 0 amide bonds. The molecular formula is C23H28Cl2N2O4. The summed E-state index contributed by atoms with van der Waals surface area (Å²) in [5, 5.41) is 7.56. The Hall–Kier alpha value is -2.44. The third-order valence-corrected chi connectivity index (χ3v) is 5.45. The number of hydrogen-bond donors (Lipinski definition) is 2. The van der Waals surface area contributed by atoms with Gasteiger partial charge in [-0.3, -0.25) is 9.59 Å². The van der Waals surface area contributed by atoms with Crippen LogP contribution < -0.4 is 20.1 Å². The molecule has 0 radical (unpaired) electrons. The second kappa shape index (κ2) is 11.8. The van der Waals surface area contributed by atoms with Gasteiger partial charge in [-0.05, 0) is 45.2 Å². The molecule has 0 saturated carbocycles. The molecule has 0 unspecified atom stereocenters. The Morgan fingerprint density at radius 2 is 1.13 bits per heavy atom. The number of unbranched alkanes of at least 4 members (excludes halogenated alkanes) is 2. The van der Waals surface area contributed by atoms with Crippen molar-refractivity contribution in [2.24, 2.45) is 0 Å². The van der Waals surface area contributed by atoms with E-state index in [9.17, 15) is 9.59 Å². The summed E-state index contributed by atoms with van der Waals surface area (Å²) in [6.45, 7) is 4.45. The maximum atomic E-state index is 11.7. The number of Topliss-reactive ketones (excluding diaryl/α,β-unsaturated/α-hetero) is 2. The number of ether oxygens (including phenoxy) is 2. The molecule has 6 nitrogen and oxygen atoms in total. The molecule has 2 aromatic rings. The molecule has 0 aliphatic carbocycles. The molecule has 0 saturated heterocycles. The molecule has 2 aromatic carbocycles. The van der Waals surface area contributed by atoms with Crippen LogP contribution >= 0.6 is 23.2 Å². The molecule has 168 valence electrons. The second-order valence-electron chi connectivity index (χ2n) is 7.09. The van der Waals surface area contributed by atoms with Crippen molar-refractivity contribution in [1.82, 2.24) is 0 Å². The topological polar surface area (TPSA) is 76.7 Å². The lowest BCUT2D eigenvalue weighted by atomic mass is 10.1. The monoisotopic (exact) mass is 466 g/mol. The van der Waals surface area contributed by atoms with Crippen LogP contribution in [-0.4, -0.2) is 38.9 Å². The average Bonchev–Trinajstić information content (AvgIpc) is 2.74. The van der Waals surface area contributed by atoms with Gasteiger partial charge < -0.3 is 20.1 Å². The fraction of sp³-hybridized carbons (Fsp3) is 0.391. The Kier molecular flexibility index (Phi) is 9.46. The molecule has 0 aliphatic rings. The van der Waals surface area contributed by atoms with Crippen molar-refractivity contribution in [1.29, 1.82) is 0 Å². The van der Waals surface area contributed by atoms with E-state index in [1.165, 1.54) is 28.1 Å². The third-order valence-electron chi connectivity index (χ3n) is 4.82. The number of nitrogens with one attached hydrogen (secondary N) is 2. The average molecular weight is 467 g/mol. The number of hydrogen-bond acceptors (Lipinski definition) is 6. The predicted molar refractivity (Wildman–Crippen MR) is 127 cm³/mol. The van der Waals surface area contributed by atoms with E-state index in [1.54, 1.807) is 24.3 Å². The first kappa shape index (κ1) is 24.8. The Labute approximate surface area is 193 Å². The van der Waals surface area contributed by atoms with Crippen molar-refractivity contribution >= 4 is 46.1 Å². The van der Waals surface area contributed by atoms with Crippen LogP contribution in [-0.2, 0) is 0 Å². The van der Waals surface area contributed by atoms with Gasteiger partial charge in [0.05, 0.1) is 46.8 Å². The van der Waals surface area contributed by atoms with Crippen LogP contribution in [0, 0.1) is 0 Å². The highest BCUT2D eigenvalue weighted by Gasteiger charge is 2.13. The molecule has 8 heteroatoms. The number of rotatable bonds is 12. The summed E-state index contributed by atoms with van der Waals surface area (Å²) in [6, 6.07) is 6.76. The fourth-order valence-corrected chi connectivity index (χ4v) is 3.60. The van der Waals surface area contributed by atoms with Gasteiger partial charge in [-0.1, -0.05) is 23.2 Å². The van der Waals surface area contributed by atoms with E-state index < -0.39 is 0 Å². The van der Waals surface area contributed by atoms with E-state index in [0.717, 1.165) is 43.7 Å². The van der Waals surface area contributed by atoms with E-state index in [2.05, 4.69) is 10.6 Å². The number of carbonyl (C=O) groups excluding carboxylic acids is 2. The third kappa shape index (κ3) is 6.77. The largest absolute Gasteiger partial charge is 0.496 e. The first-order chi connectivity index (χ1) is 14.8. The molecule has 31 heavy (non-hydrogen) atoms. The minimum absolute atomic E-state index is 0.0912. The fourth-order valence-electron chi connectivity index (χ4n) is 3.14. The van der Waals surface area contributed by atoms with Gasteiger partial charge in [-0.2, -0.15) is 0 Å². The summed E-state index contributed by atoms with van der Waals surface area (Å²) in [7, 11) is 3.06. The smallest absolute Gasteiger partial charge is 0.163 e. The summed E-state index contributed by atoms with van der Waals surface area (Å²) in [6.07, 6.45) is 2.87. The zero-order valence-corrected chi connectivity index (χ0v) is 19.7. The standard InChI is InChI=1S/C23H28Cl2N2O4/c1-14(28)16-10-18(24)20(12-22(16)30-3)26-8-6-5-7-9-27-21-13-23(31-4)17(15(2)29)11-19(21)25/h10-13,26-27H,5-9H2,1-4H3. The van der Waals surface area contributed by atoms with E-state index >= 15 is 0 Å². The molecule has 0 aromatic heterocycles. The number of halogens is 2. The summed E-state index contributed by atoms with van der Waals surface area (Å²) in [5.41, 5.74) is 2.42. The van der Waals surface area contributed by atoms with Crippen LogP contribution in [0.15, 0.2) is 24.3 Å². The number of ketones is 2. The van der Waals surface area contributed by atoms with Gasteiger partial charge in [-0.15, -0.1) is 0 Å². The Balaban J connectivity index is 1.80. The summed E-state index contributed by atoms with van der Waals surface area (Å²) in [5.74, 6) is 0.830. The van der Waals surface area contributed by atoms with Gasteiger partial charge in [0.2, 0.25) is 0 Å². The van der Waals surface area contributed by atoms with Gasteiger partial charge in [0, 0.05) is 25.2 Å². The van der Waals surface area contributed by atoms with E-state index in [0.29, 0.717) is 32.7 Å². The molecule has 0 fully saturated rings. The van der Waals surface area contributed by atoms with Crippen LogP contribution in [0.3, 0.4) is 0 Å². The highest BCUT2D eigenvalue weighted by Crippen LogP contribution is 2.32. The number of anilines is 2.